The molecular formula is C18H22O4. The highest BCUT2D eigenvalue weighted by atomic mass is 16.5. The quantitative estimate of drug-likeness (QED) is 0.797. The second kappa shape index (κ2) is 6.11. The molecule has 4 nitrogen and oxygen atoms in total. The molecule has 0 aliphatic heterocycles. The normalized spacial score (nSPS) is 29.9. The van der Waals surface area contributed by atoms with E-state index < -0.39 is 0 Å². The lowest BCUT2D eigenvalue weighted by atomic mass is 9.84. The Labute approximate surface area is 130 Å². The monoisotopic (exact) mass is 302 g/mol. The maximum absolute atomic E-state index is 12.0. The molecule has 0 heterocycles. The molecule has 0 unspecified atom stereocenters. The predicted octanol–water partition coefficient (Wildman–Crippen LogP) is 3.60. The highest BCUT2D eigenvalue weighted by Gasteiger charge is 2.30. The molecule has 2 saturated carbocycles. The lowest BCUT2D eigenvalue weighted by molar-refractivity contribution is -0.00867. The van der Waals surface area contributed by atoms with E-state index in [1.807, 2.05) is 0 Å². The third kappa shape index (κ3) is 3.32. The molecule has 1 aromatic rings. The van der Waals surface area contributed by atoms with E-state index in [-0.39, 0.29) is 24.1 Å². The molecule has 2 fully saturated rings. The van der Waals surface area contributed by atoms with Crippen LogP contribution in [0.5, 0.6) is 0 Å². The summed E-state index contributed by atoms with van der Waals surface area (Å²) in [5.41, 5.74) is 0.960. The van der Waals surface area contributed by atoms with Gasteiger partial charge in [0.05, 0.1) is 11.1 Å². The van der Waals surface area contributed by atoms with Crippen LogP contribution >= 0.6 is 0 Å². The van der Waals surface area contributed by atoms with Gasteiger partial charge in [-0.3, -0.25) is 0 Å². The Bertz CT molecular complexity index is 500. The first kappa shape index (κ1) is 15.1. The maximum Gasteiger partial charge on any atom is 0.338 e. The van der Waals surface area contributed by atoms with E-state index >= 15 is 0 Å². The van der Waals surface area contributed by atoms with Gasteiger partial charge in [-0.25, -0.2) is 9.59 Å². The zero-order valence-corrected chi connectivity index (χ0v) is 13.1. The van der Waals surface area contributed by atoms with Crippen LogP contribution in [0, 0.1) is 11.8 Å². The molecule has 0 radical (unpaired) electrons. The van der Waals surface area contributed by atoms with E-state index in [9.17, 15) is 9.59 Å². The fourth-order valence-electron chi connectivity index (χ4n) is 3.03. The number of hydrogen-bond donors (Lipinski definition) is 0. The highest BCUT2D eigenvalue weighted by Crippen LogP contribution is 2.31. The van der Waals surface area contributed by atoms with Gasteiger partial charge >= 0.3 is 11.9 Å². The van der Waals surface area contributed by atoms with Crippen LogP contribution in [-0.4, -0.2) is 24.1 Å². The maximum atomic E-state index is 12.0. The van der Waals surface area contributed by atoms with Crippen molar-refractivity contribution in [3.8, 4) is 0 Å². The van der Waals surface area contributed by atoms with Gasteiger partial charge in [-0.1, -0.05) is 13.8 Å². The molecule has 2 aliphatic carbocycles. The second-order valence-corrected chi connectivity index (χ2v) is 6.79. The van der Waals surface area contributed by atoms with E-state index in [1.54, 1.807) is 24.3 Å². The van der Waals surface area contributed by atoms with Gasteiger partial charge in [-0.2, -0.15) is 0 Å². The third-order valence-corrected chi connectivity index (χ3v) is 4.56. The minimum absolute atomic E-state index is 0.0488. The fourth-order valence-corrected chi connectivity index (χ4v) is 3.03. The molecule has 2 aliphatic rings. The first-order chi connectivity index (χ1) is 10.5. The van der Waals surface area contributed by atoms with Gasteiger partial charge in [0.25, 0.3) is 0 Å². The van der Waals surface area contributed by atoms with Gasteiger partial charge in [0.1, 0.15) is 12.2 Å². The topological polar surface area (TPSA) is 52.6 Å². The van der Waals surface area contributed by atoms with Crippen molar-refractivity contribution in [3.63, 3.8) is 0 Å². The number of benzene rings is 1. The van der Waals surface area contributed by atoms with Crippen molar-refractivity contribution in [2.75, 3.05) is 0 Å². The van der Waals surface area contributed by atoms with E-state index in [1.165, 1.54) is 0 Å². The lowest BCUT2D eigenvalue weighted by Gasteiger charge is -2.32. The van der Waals surface area contributed by atoms with E-state index in [2.05, 4.69) is 13.8 Å². The molecule has 0 atom stereocenters. The van der Waals surface area contributed by atoms with Crippen LogP contribution in [0.25, 0.3) is 0 Å². The predicted molar refractivity (Wildman–Crippen MR) is 81.6 cm³/mol. The Balaban J connectivity index is 1.53. The average molecular weight is 302 g/mol. The summed E-state index contributed by atoms with van der Waals surface area (Å²) in [6, 6.07) is 6.52. The van der Waals surface area contributed by atoms with Crippen LogP contribution < -0.4 is 0 Å². The summed E-state index contributed by atoms with van der Waals surface area (Å²) in [4.78, 5) is 23.9. The van der Waals surface area contributed by atoms with Crippen LogP contribution in [0.3, 0.4) is 0 Å². The third-order valence-electron chi connectivity index (χ3n) is 4.56. The Kier molecular flexibility index (Phi) is 4.19. The van der Waals surface area contributed by atoms with Crippen LogP contribution in [0.1, 0.15) is 60.2 Å². The largest absolute Gasteiger partial charge is 0.459 e. The van der Waals surface area contributed by atoms with Crippen LogP contribution in [0.4, 0.5) is 0 Å². The molecule has 0 saturated heterocycles. The molecule has 0 bridgehead atoms. The molecule has 4 heteroatoms. The lowest BCUT2D eigenvalue weighted by Crippen LogP contribution is -2.32. The molecule has 1 aromatic carbocycles. The number of carbonyl (C=O) groups is 2. The number of carbonyl (C=O) groups excluding carboxylic acids is 2. The summed E-state index contributed by atoms with van der Waals surface area (Å²) >= 11 is 0. The van der Waals surface area contributed by atoms with E-state index in [0.717, 1.165) is 25.7 Å². The number of rotatable bonds is 4. The minimum Gasteiger partial charge on any atom is -0.459 e. The summed E-state index contributed by atoms with van der Waals surface area (Å²) < 4.78 is 10.8. The Morgan fingerprint density at radius 1 is 0.773 bits per heavy atom. The molecular weight excluding hydrogens is 280 g/mol. The van der Waals surface area contributed by atoms with Gasteiger partial charge in [0, 0.05) is 0 Å². The summed E-state index contributed by atoms with van der Waals surface area (Å²) in [5.74, 6) is 0.655. The smallest absolute Gasteiger partial charge is 0.338 e. The van der Waals surface area contributed by atoms with Gasteiger partial charge in [-0.05, 0) is 61.8 Å². The van der Waals surface area contributed by atoms with E-state index in [0.29, 0.717) is 23.0 Å². The molecule has 0 spiro atoms. The van der Waals surface area contributed by atoms with Crippen molar-refractivity contribution in [1.82, 2.24) is 0 Å². The summed E-state index contributed by atoms with van der Waals surface area (Å²) in [7, 11) is 0. The Hall–Kier alpha value is -1.84. The first-order valence-corrected chi connectivity index (χ1v) is 8.03. The van der Waals surface area contributed by atoms with Crippen molar-refractivity contribution in [1.29, 1.82) is 0 Å². The molecule has 0 amide bonds. The van der Waals surface area contributed by atoms with Crippen molar-refractivity contribution in [2.45, 2.75) is 51.7 Å². The average Bonchev–Trinajstić information content (AvgIpc) is 2.44. The van der Waals surface area contributed by atoms with Gasteiger partial charge in [-0.15, -0.1) is 0 Å². The van der Waals surface area contributed by atoms with Crippen LogP contribution in [-0.2, 0) is 9.47 Å². The molecule has 0 N–H and O–H groups in total. The highest BCUT2D eigenvalue weighted by molar-refractivity contribution is 5.93. The van der Waals surface area contributed by atoms with Crippen molar-refractivity contribution in [3.05, 3.63) is 35.4 Å². The molecule has 3 rings (SSSR count). The number of ether oxygens (including phenoxy) is 2. The van der Waals surface area contributed by atoms with Gasteiger partial charge in [0.2, 0.25) is 0 Å². The van der Waals surface area contributed by atoms with Crippen molar-refractivity contribution in [2.24, 2.45) is 11.8 Å². The summed E-state index contributed by atoms with van der Waals surface area (Å²) in [6.45, 7) is 4.29. The minimum atomic E-state index is -0.315. The van der Waals surface area contributed by atoms with Crippen molar-refractivity contribution < 1.29 is 19.1 Å². The molecule has 118 valence electrons. The number of esters is 2. The Morgan fingerprint density at radius 3 is 1.36 bits per heavy atom. The summed E-state index contributed by atoms with van der Waals surface area (Å²) in [5, 5.41) is 0. The molecule has 22 heavy (non-hydrogen) atoms. The second-order valence-electron chi connectivity index (χ2n) is 6.79. The van der Waals surface area contributed by atoms with Gasteiger partial charge < -0.3 is 9.47 Å². The zero-order chi connectivity index (χ0) is 15.7. The first-order valence-electron chi connectivity index (χ1n) is 8.03. The van der Waals surface area contributed by atoms with Gasteiger partial charge in [0.15, 0.2) is 0 Å². The standard InChI is InChI=1S/C18H22O4/c1-11-7-15(8-11)21-17(19)13-3-5-14(6-4-13)18(20)22-16-9-12(2)10-16/h3-6,11-12,15-16H,7-10H2,1-2H3. The SMILES string of the molecule is CC1CC(OC(=O)c2ccc(C(=O)OC3CC(C)C3)cc2)C1. The van der Waals surface area contributed by atoms with Crippen LogP contribution in [0.2, 0.25) is 0 Å². The fraction of sp³-hybridized carbons (Fsp3) is 0.556. The van der Waals surface area contributed by atoms with Crippen LogP contribution in [0.15, 0.2) is 24.3 Å². The molecule has 0 aromatic heterocycles. The summed E-state index contributed by atoms with van der Waals surface area (Å²) in [6.07, 6.45) is 3.86. The van der Waals surface area contributed by atoms with Crippen molar-refractivity contribution >= 4 is 11.9 Å². The Morgan fingerprint density at radius 2 is 1.09 bits per heavy atom. The van der Waals surface area contributed by atoms with E-state index in [4.69, 9.17) is 9.47 Å². The number of hydrogen-bond acceptors (Lipinski definition) is 4. The zero-order valence-electron chi connectivity index (χ0n) is 13.1.